The Morgan fingerprint density at radius 2 is 2.27 bits per heavy atom. The molecule has 1 heterocycles. The van der Waals surface area contributed by atoms with Gasteiger partial charge in [-0.1, -0.05) is 0 Å². The van der Waals surface area contributed by atoms with Gasteiger partial charge in [0, 0.05) is 18.9 Å². The van der Waals surface area contributed by atoms with Gasteiger partial charge in [-0.3, -0.25) is 4.79 Å². The van der Waals surface area contributed by atoms with Gasteiger partial charge in [-0.15, -0.1) is 0 Å². The van der Waals surface area contributed by atoms with Crippen LogP contribution in [0.25, 0.3) is 0 Å². The first-order valence-electron chi connectivity index (χ1n) is 4.83. The van der Waals surface area contributed by atoms with Gasteiger partial charge in [0.05, 0.1) is 19.1 Å². The Bertz CT molecular complexity index is 341. The van der Waals surface area contributed by atoms with Crippen LogP contribution in [0.3, 0.4) is 0 Å². The highest BCUT2D eigenvalue weighted by Crippen LogP contribution is 2.20. The number of hydrogen-bond donors (Lipinski definition) is 1. The normalized spacial score (nSPS) is 11.5. The predicted octanol–water partition coefficient (Wildman–Crippen LogP) is 1.18. The molecule has 0 radical (unpaired) electrons. The molecule has 1 aromatic heterocycles. The summed E-state index contributed by atoms with van der Waals surface area (Å²) in [6.45, 7) is 4.22. The number of aliphatic hydroxyl groups is 1. The van der Waals surface area contributed by atoms with E-state index in [1.807, 2.05) is 36.9 Å². The molecule has 0 saturated carbocycles. The molecule has 0 fully saturated rings. The molecule has 0 unspecified atom stereocenters. The van der Waals surface area contributed by atoms with Crippen LogP contribution in [-0.4, -0.2) is 22.8 Å². The van der Waals surface area contributed by atoms with Crippen molar-refractivity contribution in [1.82, 2.24) is 4.57 Å². The number of esters is 1. The monoisotopic (exact) mass is 211 g/mol. The average Bonchev–Trinajstić information content (AvgIpc) is 2.63. The number of carbonyl (C=O) groups excluding carboxylic acids is 1. The number of aromatic nitrogens is 1. The van der Waals surface area contributed by atoms with E-state index < -0.39 is 5.41 Å². The summed E-state index contributed by atoms with van der Waals surface area (Å²) in [6, 6.07) is 1.83. The molecule has 4 heteroatoms. The largest absolute Gasteiger partial charge is 0.469 e. The van der Waals surface area contributed by atoms with E-state index >= 15 is 0 Å². The van der Waals surface area contributed by atoms with Crippen molar-refractivity contribution in [3.05, 3.63) is 24.0 Å². The molecule has 0 aliphatic rings. The van der Waals surface area contributed by atoms with Crippen LogP contribution in [0.2, 0.25) is 0 Å². The van der Waals surface area contributed by atoms with Crippen molar-refractivity contribution in [2.75, 3.05) is 7.11 Å². The maximum atomic E-state index is 11.4. The zero-order valence-electron chi connectivity index (χ0n) is 9.36. The molecule has 15 heavy (non-hydrogen) atoms. The third-order valence-corrected chi connectivity index (χ3v) is 2.31. The summed E-state index contributed by atoms with van der Waals surface area (Å²) in [5.41, 5.74) is 0.288. The third kappa shape index (κ3) is 2.83. The molecule has 0 aliphatic carbocycles. The Morgan fingerprint density at radius 3 is 2.73 bits per heavy atom. The molecule has 4 nitrogen and oxygen atoms in total. The summed E-state index contributed by atoms with van der Waals surface area (Å²) in [5, 5.41) is 8.90. The molecule has 1 aromatic rings. The Kier molecular flexibility index (Phi) is 3.52. The summed E-state index contributed by atoms with van der Waals surface area (Å²) in [6.07, 6.45) is 3.67. The van der Waals surface area contributed by atoms with Crippen LogP contribution in [0.5, 0.6) is 0 Å². The van der Waals surface area contributed by atoms with E-state index in [2.05, 4.69) is 0 Å². The quantitative estimate of drug-likeness (QED) is 0.761. The SMILES string of the molecule is COC(=O)C(C)(C)Cn1ccc(CO)c1. The average molecular weight is 211 g/mol. The van der Waals surface area contributed by atoms with Gasteiger partial charge in [0.1, 0.15) is 0 Å². The maximum Gasteiger partial charge on any atom is 0.313 e. The number of methoxy groups -OCH3 is 1. The van der Waals surface area contributed by atoms with Gasteiger partial charge in [-0.05, 0) is 25.5 Å². The molecule has 0 aromatic carbocycles. The van der Waals surface area contributed by atoms with E-state index in [0.29, 0.717) is 6.54 Å². The summed E-state index contributed by atoms with van der Waals surface area (Å²) < 4.78 is 6.60. The first kappa shape index (κ1) is 11.8. The Hall–Kier alpha value is -1.29. The zero-order chi connectivity index (χ0) is 11.5. The van der Waals surface area contributed by atoms with Gasteiger partial charge < -0.3 is 14.4 Å². The summed E-state index contributed by atoms with van der Waals surface area (Å²) in [4.78, 5) is 11.4. The summed E-state index contributed by atoms with van der Waals surface area (Å²) in [7, 11) is 1.39. The minimum absolute atomic E-state index is 0.0195. The smallest absolute Gasteiger partial charge is 0.313 e. The van der Waals surface area contributed by atoms with Crippen LogP contribution in [0.4, 0.5) is 0 Å². The molecular formula is C11H17NO3. The molecule has 0 bridgehead atoms. The second-order valence-electron chi connectivity index (χ2n) is 4.23. The number of carbonyl (C=O) groups is 1. The fourth-order valence-corrected chi connectivity index (χ4v) is 1.48. The molecular weight excluding hydrogens is 194 g/mol. The lowest BCUT2D eigenvalue weighted by Gasteiger charge is -2.21. The number of nitrogens with zero attached hydrogens (tertiary/aromatic N) is 1. The number of hydrogen-bond acceptors (Lipinski definition) is 3. The minimum atomic E-state index is -0.555. The van der Waals surface area contributed by atoms with Crippen molar-refractivity contribution in [3.8, 4) is 0 Å². The molecule has 1 rings (SSSR count). The highest BCUT2D eigenvalue weighted by atomic mass is 16.5. The number of ether oxygens (including phenoxy) is 1. The topological polar surface area (TPSA) is 51.5 Å². The van der Waals surface area contributed by atoms with Crippen molar-refractivity contribution in [3.63, 3.8) is 0 Å². The Labute approximate surface area is 89.5 Å². The van der Waals surface area contributed by atoms with E-state index in [1.165, 1.54) is 7.11 Å². The van der Waals surface area contributed by atoms with Crippen LogP contribution in [-0.2, 0) is 22.7 Å². The van der Waals surface area contributed by atoms with E-state index in [-0.39, 0.29) is 12.6 Å². The Morgan fingerprint density at radius 1 is 1.60 bits per heavy atom. The first-order chi connectivity index (χ1) is 6.99. The van der Waals surface area contributed by atoms with Crippen molar-refractivity contribution in [2.24, 2.45) is 5.41 Å². The van der Waals surface area contributed by atoms with Crippen molar-refractivity contribution >= 4 is 5.97 Å². The lowest BCUT2D eigenvalue weighted by molar-refractivity contribution is -0.151. The second kappa shape index (κ2) is 4.49. The first-order valence-corrected chi connectivity index (χ1v) is 4.83. The molecule has 1 N–H and O–H groups in total. The molecule has 0 atom stereocenters. The third-order valence-electron chi connectivity index (χ3n) is 2.31. The maximum absolute atomic E-state index is 11.4. The van der Waals surface area contributed by atoms with Crippen LogP contribution >= 0.6 is 0 Å². The van der Waals surface area contributed by atoms with Gasteiger partial charge in [-0.2, -0.15) is 0 Å². The van der Waals surface area contributed by atoms with Gasteiger partial charge in [-0.25, -0.2) is 0 Å². The van der Waals surface area contributed by atoms with Crippen molar-refractivity contribution < 1.29 is 14.6 Å². The van der Waals surface area contributed by atoms with Crippen molar-refractivity contribution in [2.45, 2.75) is 27.0 Å². The highest BCUT2D eigenvalue weighted by molar-refractivity contribution is 5.75. The molecule has 0 amide bonds. The zero-order valence-corrected chi connectivity index (χ0v) is 9.36. The van der Waals surface area contributed by atoms with E-state index in [4.69, 9.17) is 9.84 Å². The van der Waals surface area contributed by atoms with Gasteiger partial charge in [0.15, 0.2) is 0 Å². The van der Waals surface area contributed by atoms with Gasteiger partial charge in [0.25, 0.3) is 0 Å². The molecule has 84 valence electrons. The van der Waals surface area contributed by atoms with E-state index in [9.17, 15) is 4.79 Å². The van der Waals surface area contributed by atoms with Gasteiger partial charge >= 0.3 is 5.97 Å². The standard InChI is InChI=1S/C11H17NO3/c1-11(2,10(14)15-3)8-12-5-4-9(6-12)7-13/h4-6,13H,7-8H2,1-3H3. The summed E-state index contributed by atoms with van der Waals surface area (Å²) in [5.74, 6) is -0.234. The minimum Gasteiger partial charge on any atom is -0.469 e. The van der Waals surface area contributed by atoms with E-state index in [1.54, 1.807) is 0 Å². The molecule has 0 saturated heterocycles. The Balaban J connectivity index is 2.72. The van der Waals surface area contributed by atoms with Crippen LogP contribution in [0, 0.1) is 5.41 Å². The second-order valence-corrected chi connectivity index (χ2v) is 4.23. The lowest BCUT2D eigenvalue weighted by Crippen LogP contribution is -2.30. The van der Waals surface area contributed by atoms with E-state index in [0.717, 1.165) is 5.56 Å². The molecule has 0 aliphatic heterocycles. The van der Waals surface area contributed by atoms with Gasteiger partial charge in [0.2, 0.25) is 0 Å². The number of rotatable bonds is 4. The fourth-order valence-electron chi connectivity index (χ4n) is 1.48. The lowest BCUT2D eigenvalue weighted by atomic mass is 9.94. The van der Waals surface area contributed by atoms with Crippen LogP contribution in [0.15, 0.2) is 18.5 Å². The summed E-state index contributed by atoms with van der Waals surface area (Å²) >= 11 is 0. The highest BCUT2D eigenvalue weighted by Gasteiger charge is 2.28. The van der Waals surface area contributed by atoms with Crippen LogP contribution < -0.4 is 0 Å². The predicted molar refractivity (Wildman–Crippen MR) is 56.2 cm³/mol. The van der Waals surface area contributed by atoms with Crippen LogP contribution in [0.1, 0.15) is 19.4 Å². The number of aliphatic hydroxyl groups excluding tert-OH is 1. The van der Waals surface area contributed by atoms with Crippen molar-refractivity contribution in [1.29, 1.82) is 0 Å². The molecule has 0 spiro atoms. The fraction of sp³-hybridized carbons (Fsp3) is 0.545.